The van der Waals surface area contributed by atoms with Gasteiger partial charge in [-0.3, -0.25) is 0 Å². The van der Waals surface area contributed by atoms with E-state index in [-0.39, 0.29) is 5.75 Å². The third kappa shape index (κ3) is 3.95. The number of halogens is 3. The number of hydrogen-bond acceptors (Lipinski definition) is 4. The maximum absolute atomic E-state index is 15.4. The van der Waals surface area contributed by atoms with Crippen LogP contribution in [-0.2, 0) is 32.9 Å². The van der Waals surface area contributed by atoms with Crippen molar-refractivity contribution in [2.24, 2.45) is 0 Å². The van der Waals surface area contributed by atoms with Gasteiger partial charge in [0.05, 0.1) is 0 Å². The van der Waals surface area contributed by atoms with Crippen LogP contribution in [0, 0.1) is 0 Å². The molecule has 0 unspecified atom stereocenters. The molecule has 1 spiro atoms. The lowest BCUT2D eigenvalue weighted by Gasteiger charge is -2.32. The van der Waals surface area contributed by atoms with Gasteiger partial charge in [0.25, 0.3) is 0 Å². The molecular weight excluding hydrogens is 544 g/mol. The summed E-state index contributed by atoms with van der Waals surface area (Å²) in [5.74, 6) is -0.320. The van der Waals surface area contributed by atoms with E-state index in [1.807, 2.05) is 78.9 Å². The number of aryl methyl sites for hydroxylation is 2. The fraction of sp³-hybridized carbons (Fsp3) is 0.200. The van der Waals surface area contributed by atoms with Crippen LogP contribution in [0.2, 0.25) is 0 Å². The van der Waals surface area contributed by atoms with E-state index in [4.69, 9.17) is 4.18 Å². The Labute approximate surface area is 225 Å². The van der Waals surface area contributed by atoms with Crippen LogP contribution in [0.5, 0.6) is 5.75 Å². The SMILES string of the molecule is O=P(c1ccccc1)(c1ccccc1)c1cccc2c1[C@@]1(CCc3cccc(OS(=O)(=O)C(F)(F)F)c31)CC2. The fourth-order valence-electron chi connectivity index (χ4n) is 6.32. The van der Waals surface area contributed by atoms with Crippen molar-refractivity contribution in [2.45, 2.75) is 36.6 Å². The van der Waals surface area contributed by atoms with E-state index < -0.39 is 28.2 Å². The van der Waals surface area contributed by atoms with Crippen LogP contribution >= 0.6 is 7.14 Å². The Kier molecular flexibility index (Phi) is 6.05. The topological polar surface area (TPSA) is 60.4 Å². The first-order valence-corrected chi connectivity index (χ1v) is 15.7. The first-order chi connectivity index (χ1) is 18.6. The average Bonchev–Trinajstić information content (AvgIpc) is 3.50. The van der Waals surface area contributed by atoms with Gasteiger partial charge in [-0.15, -0.1) is 0 Å². The van der Waals surface area contributed by atoms with Crippen molar-refractivity contribution in [2.75, 3.05) is 0 Å². The van der Waals surface area contributed by atoms with Crippen molar-refractivity contribution in [1.29, 1.82) is 0 Å². The lowest BCUT2D eigenvalue weighted by Crippen LogP contribution is -2.34. The number of benzene rings is 4. The van der Waals surface area contributed by atoms with Crippen molar-refractivity contribution < 1.29 is 30.3 Å². The van der Waals surface area contributed by atoms with E-state index in [1.54, 1.807) is 6.07 Å². The molecule has 6 rings (SSSR count). The molecule has 4 nitrogen and oxygen atoms in total. The van der Waals surface area contributed by atoms with Crippen LogP contribution in [0.25, 0.3) is 0 Å². The highest BCUT2D eigenvalue weighted by Gasteiger charge is 2.53. The largest absolute Gasteiger partial charge is 0.534 e. The Bertz CT molecular complexity index is 1670. The van der Waals surface area contributed by atoms with Gasteiger partial charge in [0.1, 0.15) is 5.75 Å². The molecule has 200 valence electrons. The van der Waals surface area contributed by atoms with Crippen LogP contribution in [0.1, 0.15) is 35.1 Å². The smallest absolute Gasteiger partial charge is 0.376 e. The quantitative estimate of drug-likeness (QED) is 0.175. The van der Waals surface area contributed by atoms with E-state index in [1.165, 1.54) is 12.1 Å². The third-order valence-electron chi connectivity index (χ3n) is 7.90. The molecule has 9 heteroatoms. The fourth-order valence-corrected chi connectivity index (χ4v) is 9.80. The number of rotatable bonds is 5. The second-order valence-electron chi connectivity index (χ2n) is 9.95. The maximum Gasteiger partial charge on any atom is 0.534 e. The predicted octanol–water partition coefficient (Wildman–Crippen LogP) is 5.73. The molecule has 0 radical (unpaired) electrons. The average molecular weight is 569 g/mol. The molecular formula is C30H24F3O4PS. The minimum atomic E-state index is -5.88. The van der Waals surface area contributed by atoms with E-state index in [0.717, 1.165) is 16.7 Å². The highest BCUT2D eigenvalue weighted by atomic mass is 32.2. The van der Waals surface area contributed by atoms with Gasteiger partial charge in [-0.1, -0.05) is 91.0 Å². The first kappa shape index (κ1) is 25.9. The highest BCUT2D eigenvalue weighted by molar-refractivity contribution is 7.88. The minimum absolute atomic E-state index is 0.320. The van der Waals surface area contributed by atoms with E-state index >= 15 is 4.57 Å². The highest BCUT2D eigenvalue weighted by Crippen LogP contribution is 2.58. The van der Waals surface area contributed by atoms with Gasteiger partial charge < -0.3 is 8.75 Å². The summed E-state index contributed by atoms with van der Waals surface area (Å²) in [6, 6.07) is 28.7. The zero-order valence-corrected chi connectivity index (χ0v) is 22.4. The molecule has 2 aliphatic rings. The molecule has 4 aromatic rings. The number of hydrogen-bond donors (Lipinski definition) is 0. The summed E-state index contributed by atoms with van der Waals surface area (Å²) in [6.45, 7) is 0. The van der Waals surface area contributed by atoms with Crippen LogP contribution < -0.4 is 20.1 Å². The monoisotopic (exact) mass is 568 g/mol. The van der Waals surface area contributed by atoms with Crippen LogP contribution in [0.4, 0.5) is 13.2 Å². The van der Waals surface area contributed by atoms with Gasteiger partial charge in [0.15, 0.2) is 7.14 Å². The van der Waals surface area contributed by atoms with Crippen molar-refractivity contribution in [3.63, 3.8) is 0 Å². The summed E-state index contributed by atoms with van der Waals surface area (Å²) < 4.78 is 84.3. The molecule has 0 bridgehead atoms. The van der Waals surface area contributed by atoms with Crippen LogP contribution in [0.3, 0.4) is 0 Å². The third-order valence-corrected chi connectivity index (χ3v) is 12.0. The Balaban J connectivity index is 1.62. The Morgan fingerprint density at radius 2 is 1.21 bits per heavy atom. The summed E-state index contributed by atoms with van der Waals surface area (Å²) in [7, 11) is -9.30. The summed E-state index contributed by atoms with van der Waals surface area (Å²) in [5.41, 5.74) is -3.45. The molecule has 0 amide bonds. The molecule has 0 saturated carbocycles. The predicted molar refractivity (Wildman–Crippen MR) is 145 cm³/mol. The number of alkyl halides is 3. The van der Waals surface area contributed by atoms with E-state index in [0.29, 0.717) is 47.2 Å². The molecule has 4 aromatic carbocycles. The van der Waals surface area contributed by atoms with Gasteiger partial charge in [-0.05, 0) is 48.4 Å². The molecule has 0 saturated heterocycles. The summed E-state index contributed by atoms with van der Waals surface area (Å²) in [4.78, 5) is 0. The standard InChI is InChI=1S/C30H24F3O4PS/c31-30(32,33)39(35,36)37-25-15-7-9-21-17-19-29(27(21)25)20-18-22-10-8-16-26(28(22)29)38(34,23-11-3-1-4-12-23)24-13-5-2-6-14-24/h1-16H,17-20H2/t29-/m0/s1. The molecule has 0 aromatic heterocycles. The minimum Gasteiger partial charge on any atom is -0.376 e. The van der Waals surface area contributed by atoms with Gasteiger partial charge in [0.2, 0.25) is 0 Å². The Morgan fingerprint density at radius 3 is 1.74 bits per heavy atom. The van der Waals surface area contributed by atoms with Gasteiger partial charge >= 0.3 is 15.6 Å². The van der Waals surface area contributed by atoms with Gasteiger partial charge in [0, 0.05) is 26.9 Å². The van der Waals surface area contributed by atoms with Crippen molar-refractivity contribution in [1.82, 2.24) is 0 Å². The lowest BCUT2D eigenvalue weighted by atomic mass is 9.76. The second-order valence-corrected chi connectivity index (χ2v) is 14.2. The van der Waals surface area contributed by atoms with Gasteiger partial charge in [-0.2, -0.15) is 21.6 Å². The van der Waals surface area contributed by atoms with Gasteiger partial charge in [-0.25, -0.2) is 0 Å². The zero-order chi connectivity index (χ0) is 27.5. The number of fused-ring (bicyclic) bond motifs is 4. The van der Waals surface area contributed by atoms with E-state index in [2.05, 4.69) is 0 Å². The summed E-state index contributed by atoms with van der Waals surface area (Å²) >= 11 is 0. The van der Waals surface area contributed by atoms with Crippen molar-refractivity contribution in [3.8, 4) is 5.75 Å². The zero-order valence-electron chi connectivity index (χ0n) is 20.7. The Hall–Kier alpha value is -3.35. The Morgan fingerprint density at radius 1 is 0.692 bits per heavy atom. The molecule has 0 N–H and O–H groups in total. The molecule has 0 aliphatic heterocycles. The summed E-state index contributed by atoms with van der Waals surface area (Å²) in [5, 5.41) is 1.92. The maximum atomic E-state index is 15.4. The molecule has 0 heterocycles. The molecule has 0 fully saturated rings. The lowest BCUT2D eigenvalue weighted by molar-refractivity contribution is -0.0500. The molecule has 2 aliphatic carbocycles. The second kappa shape index (κ2) is 9.10. The van der Waals surface area contributed by atoms with Crippen LogP contribution in [-0.4, -0.2) is 13.9 Å². The first-order valence-electron chi connectivity index (χ1n) is 12.6. The van der Waals surface area contributed by atoms with Crippen molar-refractivity contribution >= 4 is 33.2 Å². The van der Waals surface area contributed by atoms with Crippen molar-refractivity contribution in [3.05, 3.63) is 119 Å². The van der Waals surface area contributed by atoms with Crippen LogP contribution in [0.15, 0.2) is 97.1 Å². The van der Waals surface area contributed by atoms with E-state index in [9.17, 15) is 21.6 Å². The summed E-state index contributed by atoms with van der Waals surface area (Å²) in [6.07, 6.45) is 2.24. The molecule has 39 heavy (non-hydrogen) atoms. The normalized spacial score (nSPS) is 18.6. The molecule has 1 atom stereocenters.